The highest BCUT2D eigenvalue weighted by atomic mass is 35.5. The molecule has 1 saturated heterocycles. The maximum atomic E-state index is 13.7. The highest BCUT2D eigenvalue weighted by Gasteiger charge is 2.49. The maximum Gasteiger partial charge on any atom is 0.252 e. The van der Waals surface area contributed by atoms with Crippen LogP contribution in [0.4, 0.5) is 5.69 Å². The fraction of sp³-hybridized carbons (Fsp3) is 0.417. The summed E-state index contributed by atoms with van der Waals surface area (Å²) in [6.07, 6.45) is 3.93. The van der Waals surface area contributed by atoms with Crippen LogP contribution in [0.5, 0.6) is 5.75 Å². The molecule has 0 N–H and O–H groups in total. The number of ether oxygens (including phenoxy) is 1. The third-order valence-corrected chi connectivity index (χ3v) is 8.39. The van der Waals surface area contributed by atoms with E-state index >= 15 is 0 Å². The number of carbonyl (C=O) groups is 2. The average molecular weight is 491 g/mol. The largest absolute Gasteiger partial charge is 0.494 e. The van der Waals surface area contributed by atoms with E-state index in [0.717, 1.165) is 24.2 Å². The van der Waals surface area contributed by atoms with Crippen LogP contribution in [0.3, 0.4) is 0 Å². The van der Waals surface area contributed by atoms with Gasteiger partial charge in [0.25, 0.3) is 5.91 Å². The normalized spacial score (nSPS) is 20.0. The van der Waals surface area contributed by atoms with Gasteiger partial charge in [-0.3, -0.25) is 9.59 Å². The quantitative estimate of drug-likeness (QED) is 0.537. The van der Waals surface area contributed by atoms with Gasteiger partial charge in [-0.1, -0.05) is 30.9 Å². The van der Waals surface area contributed by atoms with Crippen molar-refractivity contribution in [1.82, 2.24) is 4.31 Å². The van der Waals surface area contributed by atoms with Gasteiger partial charge in [0.2, 0.25) is 15.9 Å². The molecule has 33 heavy (non-hydrogen) atoms. The number of imide groups is 1. The minimum atomic E-state index is -4.02. The fourth-order valence-electron chi connectivity index (χ4n) is 4.63. The second-order valence-corrected chi connectivity index (χ2v) is 10.6. The molecule has 0 radical (unpaired) electrons. The molecule has 2 fully saturated rings. The summed E-state index contributed by atoms with van der Waals surface area (Å²) in [5.41, 5.74) is 0.406. The minimum Gasteiger partial charge on any atom is -0.494 e. The first-order valence-electron chi connectivity index (χ1n) is 11.2. The Labute approximate surface area is 199 Å². The van der Waals surface area contributed by atoms with Crippen LogP contribution in [0.1, 0.15) is 45.4 Å². The van der Waals surface area contributed by atoms with Crippen LogP contribution < -0.4 is 9.64 Å². The highest BCUT2D eigenvalue weighted by molar-refractivity contribution is 7.89. The Morgan fingerprint density at radius 2 is 1.64 bits per heavy atom. The summed E-state index contributed by atoms with van der Waals surface area (Å²) in [4.78, 5) is 27.6. The minimum absolute atomic E-state index is 0.0669. The number of carbonyl (C=O) groups excluding carboxylic acids is 2. The number of rotatable bonds is 7. The lowest BCUT2D eigenvalue weighted by Crippen LogP contribution is -2.51. The Bertz CT molecular complexity index is 1110. The molecule has 2 aliphatic rings. The molecule has 4 rings (SSSR count). The number of amides is 2. The van der Waals surface area contributed by atoms with E-state index in [0.29, 0.717) is 35.9 Å². The Morgan fingerprint density at radius 1 is 1.00 bits per heavy atom. The summed E-state index contributed by atoms with van der Waals surface area (Å²) in [5, 5.41) is 0.423. The molecular weight excluding hydrogens is 464 g/mol. The SMILES string of the molecule is CCOc1ccc(N2C(=O)CC(N(C3CCCCC3)S(=O)(=O)c3ccc(Cl)cc3)C2=O)cc1. The van der Waals surface area contributed by atoms with E-state index in [1.54, 1.807) is 24.3 Å². The van der Waals surface area contributed by atoms with E-state index in [4.69, 9.17) is 16.3 Å². The van der Waals surface area contributed by atoms with Crippen molar-refractivity contribution in [3.05, 3.63) is 53.6 Å². The summed E-state index contributed by atoms with van der Waals surface area (Å²) in [7, 11) is -4.02. The van der Waals surface area contributed by atoms with E-state index in [2.05, 4.69) is 0 Å². The van der Waals surface area contributed by atoms with Crippen LogP contribution in [-0.2, 0) is 19.6 Å². The molecule has 176 valence electrons. The molecule has 1 saturated carbocycles. The van der Waals surface area contributed by atoms with E-state index in [1.165, 1.54) is 28.6 Å². The molecule has 1 unspecified atom stereocenters. The highest BCUT2D eigenvalue weighted by Crippen LogP contribution is 2.35. The molecule has 0 spiro atoms. The van der Waals surface area contributed by atoms with Crippen LogP contribution in [0.15, 0.2) is 53.4 Å². The van der Waals surface area contributed by atoms with Gasteiger partial charge in [-0.15, -0.1) is 0 Å². The second kappa shape index (κ2) is 9.83. The zero-order chi connectivity index (χ0) is 23.6. The van der Waals surface area contributed by atoms with Crippen LogP contribution in [-0.4, -0.2) is 43.2 Å². The summed E-state index contributed by atoms with van der Waals surface area (Å²) >= 11 is 5.95. The molecule has 2 aromatic carbocycles. The van der Waals surface area contributed by atoms with Crippen LogP contribution in [0, 0.1) is 0 Å². The van der Waals surface area contributed by atoms with Gasteiger partial charge in [0.15, 0.2) is 0 Å². The molecule has 1 heterocycles. The predicted molar refractivity (Wildman–Crippen MR) is 126 cm³/mol. The van der Waals surface area contributed by atoms with Gasteiger partial charge in [-0.25, -0.2) is 13.3 Å². The summed E-state index contributed by atoms with van der Waals surface area (Å²) in [6, 6.07) is 11.2. The van der Waals surface area contributed by atoms with Crippen molar-refractivity contribution >= 4 is 39.1 Å². The van der Waals surface area contributed by atoms with Gasteiger partial charge in [0.1, 0.15) is 11.8 Å². The van der Waals surface area contributed by atoms with E-state index in [1.807, 2.05) is 6.92 Å². The number of hydrogen-bond donors (Lipinski definition) is 0. The lowest BCUT2D eigenvalue weighted by Gasteiger charge is -2.36. The molecule has 1 aliphatic carbocycles. The first-order valence-corrected chi connectivity index (χ1v) is 13.0. The van der Waals surface area contributed by atoms with E-state index in [-0.39, 0.29) is 17.4 Å². The van der Waals surface area contributed by atoms with Gasteiger partial charge in [-0.05, 0) is 68.3 Å². The number of anilines is 1. The first kappa shape index (κ1) is 23.7. The third kappa shape index (κ3) is 4.78. The van der Waals surface area contributed by atoms with E-state index < -0.39 is 27.9 Å². The third-order valence-electron chi connectivity index (χ3n) is 6.16. The fourth-order valence-corrected chi connectivity index (χ4v) is 6.58. The Hall–Kier alpha value is -2.42. The second-order valence-electron chi connectivity index (χ2n) is 8.29. The van der Waals surface area contributed by atoms with Crippen LogP contribution >= 0.6 is 11.6 Å². The molecule has 0 bridgehead atoms. The molecule has 1 atom stereocenters. The zero-order valence-corrected chi connectivity index (χ0v) is 20.0. The van der Waals surface area contributed by atoms with Crippen LogP contribution in [0.25, 0.3) is 0 Å². The number of halogens is 1. The van der Waals surface area contributed by atoms with Gasteiger partial charge in [0.05, 0.1) is 23.6 Å². The standard InChI is InChI=1S/C24H27ClN2O5S/c1-2-32-20-12-10-18(11-13-20)26-23(28)16-22(24(26)29)27(19-6-4-3-5-7-19)33(30,31)21-14-8-17(25)9-15-21/h8-15,19,22H,2-7,16H2,1H3. The Morgan fingerprint density at radius 3 is 2.24 bits per heavy atom. The van der Waals surface area contributed by atoms with Crippen molar-refractivity contribution in [1.29, 1.82) is 0 Å². The van der Waals surface area contributed by atoms with Crippen molar-refractivity contribution in [2.24, 2.45) is 0 Å². The van der Waals surface area contributed by atoms with Gasteiger partial charge >= 0.3 is 0 Å². The Kier molecular flexibility index (Phi) is 7.07. The molecule has 7 nitrogen and oxygen atoms in total. The molecule has 9 heteroatoms. The predicted octanol–water partition coefficient (Wildman–Crippen LogP) is 4.39. The summed E-state index contributed by atoms with van der Waals surface area (Å²) in [6.45, 7) is 2.37. The molecule has 2 amide bonds. The van der Waals surface area contributed by atoms with Crippen molar-refractivity contribution in [2.45, 2.75) is 62.4 Å². The topological polar surface area (TPSA) is 84.0 Å². The summed E-state index contributed by atoms with van der Waals surface area (Å²) < 4.78 is 34.2. The maximum absolute atomic E-state index is 13.7. The lowest BCUT2D eigenvalue weighted by atomic mass is 9.94. The first-order chi connectivity index (χ1) is 15.8. The number of nitrogens with zero attached hydrogens (tertiary/aromatic N) is 2. The van der Waals surface area contributed by atoms with Crippen LogP contribution in [0.2, 0.25) is 5.02 Å². The number of sulfonamides is 1. The smallest absolute Gasteiger partial charge is 0.252 e. The van der Waals surface area contributed by atoms with Gasteiger partial charge < -0.3 is 4.74 Å². The van der Waals surface area contributed by atoms with Gasteiger partial charge in [0, 0.05) is 11.1 Å². The number of benzene rings is 2. The van der Waals surface area contributed by atoms with Crippen molar-refractivity contribution in [3.8, 4) is 5.75 Å². The average Bonchev–Trinajstić information content (AvgIpc) is 3.09. The van der Waals surface area contributed by atoms with Crippen molar-refractivity contribution < 1.29 is 22.7 Å². The van der Waals surface area contributed by atoms with Gasteiger partial charge in [-0.2, -0.15) is 4.31 Å². The van der Waals surface area contributed by atoms with Crippen molar-refractivity contribution in [2.75, 3.05) is 11.5 Å². The van der Waals surface area contributed by atoms with Crippen molar-refractivity contribution in [3.63, 3.8) is 0 Å². The number of hydrogen-bond acceptors (Lipinski definition) is 5. The van der Waals surface area contributed by atoms with E-state index in [9.17, 15) is 18.0 Å². The summed E-state index contributed by atoms with van der Waals surface area (Å²) in [5.74, 6) is -0.306. The Balaban J connectivity index is 1.69. The zero-order valence-electron chi connectivity index (χ0n) is 18.4. The molecule has 0 aromatic heterocycles. The molecule has 2 aromatic rings. The monoisotopic (exact) mass is 490 g/mol. The molecular formula is C24H27ClN2O5S. The lowest BCUT2D eigenvalue weighted by molar-refractivity contribution is -0.122. The molecule has 1 aliphatic heterocycles.